The van der Waals surface area contributed by atoms with E-state index in [-0.39, 0.29) is 42.4 Å². The summed E-state index contributed by atoms with van der Waals surface area (Å²) in [6.45, 7) is 14.4. The van der Waals surface area contributed by atoms with Crippen LogP contribution in [0.5, 0.6) is 0 Å². The second-order valence-corrected chi connectivity index (χ2v) is 20.0. The van der Waals surface area contributed by atoms with E-state index >= 15 is 0 Å². The molecule has 0 aromatic carbocycles. The van der Waals surface area contributed by atoms with Gasteiger partial charge >= 0.3 is 6.03 Å². The fourth-order valence-corrected chi connectivity index (χ4v) is 10.3. The van der Waals surface area contributed by atoms with Crippen molar-refractivity contribution in [1.29, 1.82) is 0 Å². The van der Waals surface area contributed by atoms with Crippen LogP contribution in [0, 0.1) is 35.0 Å². The van der Waals surface area contributed by atoms with E-state index in [9.17, 15) is 32.4 Å². The lowest BCUT2D eigenvalue weighted by molar-refractivity contribution is -0.145. The summed E-state index contributed by atoms with van der Waals surface area (Å²) >= 11 is 0. The molecule has 1 heterocycles. The minimum atomic E-state index is -3.58. The van der Waals surface area contributed by atoms with E-state index in [1.54, 1.807) is 25.7 Å². The van der Waals surface area contributed by atoms with Gasteiger partial charge in [-0.2, -0.15) is 0 Å². The standard InChI is InChI=1S/C38H59N5O7S/c1-9-11-17-26(29(44)32(46)39-22-10-2)40-31(45)28-27-25(38(27)20-15-16-21-38)23-43(28)33(47)30(35(3,4)5)41-34(48)42-37(18-13-12-14-19-37)24-51(49,50)36(6,7)8/h1,10,25-28,30H,2,11-24H2,3-8H3,(H,39,46)(H,40,45)(H2,41,42,48)/t25-,26?,27-,28-,30+/m0/s1. The third-order valence-electron chi connectivity index (χ3n) is 11.7. The van der Waals surface area contributed by atoms with E-state index in [0.29, 0.717) is 19.4 Å². The number of rotatable bonds is 13. The van der Waals surface area contributed by atoms with Gasteiger partial charge in [0.1, 0.15) is 12.1 Å². The molecule has 5 amide bonds. The highest BCUT2D eigenvalue weighted by molar-refractivity contribution is 7.92. The minimum absolute atomic E-state index is 0.0492. The summed E-state index contributed by atoms with van der Waals surface area (Å²) in [5, 5.41) is 11.2. The van der Waals surface area contributed by atoms with E-state index < -0.39 is 73.2 Å². The number of sulfone groups is 1. The summed E-state index contributed by atoms with van der Waals surface area (Å²) in [6.07, 6.45) is 14.6. The van der Waals surface area contributed by atoms with Gasteiger partial charge in [0.05, 0.1) is 22.1 Å². The molecule has 1 aliphatic heterocycles. The fraction of sp³-hybridized carbons (Fsp3) is 0.763. The maximum atomic E-state index is 14.6. The SMILES string of the molecule is C#CCCC(NC(=O)[C@@H]1[C@@H]2[C@H](CN1C(=O)[C@@H](NC(=O)NC1(CS(=O)(=O)C(C)(C)C)CCCCC1)C(C)(C)C)C21CCCC1)C(=O)C(=O)NCC=C. The van der Waals surface area contributed by atoms with Gasteiger partial charge in [-0.15, -0.1) is 18.9 Å². The molecule has 4 aliphatic rings. The van der Waals surface area contributed by atoms with Crippen molar-refractivity contribution in [2.75, 3.05) is 18.8 Å². The number of hydrogen-bond acceptors (Lipinski definition) is 7. The molecule has 0 bridgehead atoms. The molecule has 12 nitrogen and oxygen atoms in total. The van der Waals surface area contributed by atoms with Crippen molar-refractivity contribution >= 4 is 39.4 Å². The number of carbonyl (C=O) groups is 5. The Bertz CT molecular complexity index is 1520. The molecular weight excluding hydrogens is 671 g/mol. The van der Waals surface area contributed by atoms with E-state index in [1.807, 2.05) is 20.8 Å². The molecule has 51 heavy (non-hydrogen) atoms. The predicted molar refractivity (Wildman–Crippen MR) is 196 cm³/mol. The third-order valence-corrected chi connectivity index (χ3v) is 14.5. The number of carbonyl (C=O) groups excluding carboxylic acids is 5. The van der Waals surface area contributed by atoms with E-state index in [0.717, 1.165) is 44.9 Å². The Hall–Kier alpha value is -3.40. The number of hydrogen-bond donors (Lipinski definition) is 4. The quantitative estimate of drug-likeness (QED) is 0.128. The van der Waals surface area contributed by atoms with Crippen LogP contribution in [0.3, 0.4) is 0 Å². The van der Waals surface area contributed by atoms with Gasteiger partial charge < -0.3 is 26.2 Å². The molecule has 1 spiro atoms. The van der Waals surface area contributed by atoms with Crippen LogP contribution in [0.15, 0.2) is 12.7 Å². The molecule has 0 aromatic heterocycles. The first-order chi connectivity index (χ1) is 23.7. The highest BCUT2D eigenvalue weighted by Gasteiger charge is 2.74. The zero-order valence-corrected chi connectivity index (χ0v) is 32.2. The van der Waals surface area contributed by atoms with Crippen LogP contribution in [0.25, 0.3) is 0 Å². The number of Topliss-reactive ketones (excluding diaryl/α,β-unsaturated/α-hetero) is 1. The van der Waals surface area contributed by atoms with Crippen molar-refractivity contribution in [2.24, 2.45) is 22.7 Å². The Morgan fingerprint density at radius 1 is 0.961 bits per heavy atom. The summed E-state index contributed by atoms with van der Waals surface area (Å²) in [4.78, 5) is 70.0. The summed E-state index contributed by atoms with van der Waals surface area (Å²) < 4.78 is 25.7. The predicted octanol–water partition coefficient (Wildman–Crippen LogP) is 3.40. The van der Waals surface area contributed by atoms with Crippen LogP contribution in [0.1, 0.15) is 112 Å². The first-order valence-corrected chi connectivity index (χ1v) is 20.2. The van der Waals surface area contributed by atoms with Crippen LogP contribution in [-0.2, 0) is 29.0 Å². The van der Waals surface area contributed by atoms with Crippen molar-refractivity contribution in [2.45, 2.75) is 141 Å². The van der Waals surface area contributed by atoms with Crippen molar-refractivity contribution in [3.8, 4) is 12.3 Å². The number of nitrogens with zero attached hydrogens (tertiary/aromatic N) is 1. The first kappa shape index (κ1) is 40.4. The molecule has 1 unspecified atom stereocenters. The number of ketones is 1. The van der Waals surface area contributed by atoms with Gasteiger partial charge in [0.25, 0.3) is 5.91 Å². The number of piperidine rings is 1. The molecule has 3 saturated carbocycles. The van der Waals surface area contributed by atoms with Gasteiger partial charge in [0.2, 0.25) is 17.6 Å². The maximum Gasteiger partial charge on any atom is 0.315 e. The summed E-state index contributed by atoms with van der Waals surface area (Å²) in [7, 11) is -3.58. The minimum Gasteiger partial charge on any atom is -0.346 e. The second kappa shape index (κ2) is 15.3. The number of fused-ring (bicyclic) bond motifs is 3. The monoisotopic (exact) mass is 729 g/mol. The molecular formula is C38H59N5O7S. The van der Waals surface area contributed by atoms with Crippen LogP contribution in [0.4, 0.5) is 4.79 Å². The van der Waals surface area contributed by atoms with Crippen molar-refractivity contribution in [3.63, 3.8) is 0 Å². The second-order valence-electron chi connectivity index (χ2n) is 17.3. The number of terminal acetylenes is 1. The fourth-order valence-electron chi connectivity index (χ4n) is 8.73. The van der Waals surface area contributed by atoms with Gasteiger partial charge in [-0.3, -0.25) is 19.2 Å². The zero-order valence-electron chi connectivity index (χ0n) is 31.4. The normalized spacial score (nSPS) is 24.7. The smallest absolute Gasteiger partial charge is 0.315 e. The Morgan fingerprint density at radius 2 is 1.57 bits per heavy atom. The maximum absolute atomic E-state index is 14.6. The van der Waals surface area contributed by atoms with Gasteiger partial charge in [-0.05, 0) is 75.5 Å². The van der Waals surface area contributed by atoms with E-state index in [2.05, 4.69) is 33.8 Å². The molecule has 0 aromatic rings. The van der Waals surface area contributed by atoms with Crippen LogP contribution >= 0.6 is 0 Å². The summed E-state index contributed by atoms with van der Waals surface area (Å²) in [5.74, 6) is -0.351. The summed E-state index contributed by atoms with van der Waals surface area (Å²) in [5.41, 5.74) is -1.80. The highest BCUT2D eigenvalue weighted by atomic mass is 32.2. The van der Waals surface area contributed by atoms with E-state index in [4.69, 9.17) is 6.42 Å². The molecule has 3 aliphatic carbocycles. The van der Waals surface area contributed by atoms with Crippen LogP contribution in [-0.4, -0.2) is 90.1 Å². The van der Waals surface area contributed by atoms with Crippen LogP contribution in [0.2, 0.25) is 0 Å². The Labute approximate surface area is 304 Å². The number of amides is 5. The van der Waals surface area contributed by atoms with Gasteiger partial charge in [0, 0.05) is 19.5 Å². The van der Waals surface area contributed by atoms with E-state index in [1.165, 1.54) is 6.08 Å². The molecule has 0 radical (unpaired) electrons. The average molecular weight is 730 g/mol. The molecule has 4 N–H and O–H groups in total. The lowest BCUT2D eigenvalue weighted by Crippen LogP contribution is -2.64. The molecule has 1 saturated heterocycles. The van der Waals surface area contributed by atoms with Crippen molar-refractivity contribution in [1.82, 2.24) is 26.2 Å². The lowest BCUT2D eigenvalue weighted by atomic mass is 9.83. The molecule has 4 fully saturated rings. The lowest BCUT2D eigenvalue weighted by Gasteiger charge is -2.41. The van der Waals surface area contributed by atoms with Gasteiger partial charge in [0.15, 0.2) is 9.84 Å². The van der Waals surface area contributed by atoms with Crippen molar-refractivity contribution in [3.05, 3.63) is 12.7 Å². The molecule has 4 rings (SSSR count). The third kappa shape index (κ3) is 8.64. The van der Waals surface area contributed by atoms with Crippen molar-refractivity contribution < 1.29 is 32.4 Å². The first-order valence-electron chi connectivity index (χ1n) is 18.5. The average Bonchev–Trinajstić information content (AvgIpc) is 3.35. The number of nitrogens with one attached hydrogen (secondary N) is 4. The molecule has 284 valence electrons. The zero-order chi connectivity index (χ0) is 38.0. The van der Waals surface area contributed by atoms with Gasteiger partial charge in [-0.1, -0.05) is 59.0 Å². The summed E-state index contributed by atoms with van der Waals surface area (Å²) in [6, 6.07) is -3.74. The largest absolute Gasteiger partial charge is 0.346 e. The Morgan fingerprint density at radius 3 is 2.12 bits per heavy atom. The Kier molecular flexibility index (Phi) is 12.1. The Balaban J connectivity index is 1.59. The topological polar surface area (TPSA) is 171 Å². The molecule has 13 heteroatoms. The number of urea groups is 1. The van der Waals surface area contributed by atoms with Crippen LogP contribution < -0.4 is 21.3 Å². The molecule has 5 atom stereocenters. The van der Waals surface area contributed by atoms with Gasteiger partial charge in [-0.25, -0.2) is 13.2 Å². The number of likely N-dealkylation sites (tertiary alicyclic amines) is 1. The highest BCUT2D eigenvalue weighted by Crippen LogP contribution is 2.72.